The predicted octanol–water partition coefficient (Wildman–Crippen LogP) is 1.36. The van der Waals surface area contributed by atoms with E-state index in [1.807, 2.05) is 0 Å². The van der Waals surface area contributed by atoms with Gasteiger partial charge in [-0.3, -0.25) is 0 Å². The molecule has 2 aliphatic rings. The molecular weight excluding hydrogens is 288 g/mol. The van der Waals surface area contributed by atoms with Gasteiger partial charge in [-0.2, -0.15) is 0 Å². The Labute approximate surface area is 119 Å². The highest BCUT2D eigenvalue weighted by Crippen LogP contribution is 2.22. The van der Waals surface area contributed by atoms with Gasteiger partial charge in [0, 0.05) is 13.1 Å². The first-order valence-electron chi connectivity index (χ1n) is 6.77. The molecule has 0 bridgehead atoms. The highest BCUT2D eigenvalue weighted by atomic mass is 35.5. The predicted molar refractivity (Wildman–Crippen MR) is 75.3 cm³/mol. The molecule has 1 aliphatic heterocycles. The highest BCUT2D eigenvalue weighted by molar-refractivity contribution is 7.91. The second kappa shape index (κ2) is 5.87. The van der Waals surface area contributed by atoms with Crippen molar-refractivity contribution in [1.82, 2.24) is 10.2 Å². The summed E-state index contributed by atoms with van der Waals surface area (Å²) in [5, 5.41) is 2.24. The van der Waals surface area contributed by atoms with Crippen LogP contribution in [0.5, 0.6) is 0 Å². The molecular formula is C12H21ClN2O3S. The van der Waals surface area contributed by atoms with Crippen LogP contribution in [-0.4, -0.2) is 55.4 Å². The molecule has 2 fully saturated rings. The second-order valence-electron chi connectivity index (χ2n) is 5.55. The third-order valence-electron chi connectivity index (χ3n) is 4.03. The molecule has 1 saturated heterocycles. The maximum absolute atomic E-state index is 12.1. The normalized spacial score (nSPS) is 31.1. The number of nitrogens with zero attached hydrogens (tertiary/aromatic N) is 1. The lowest BCUT2D eigenvalue weighted by Crippen LogP contribution is -2.50. The SMILES string of the molecule is CN(C(=O)NC1CS(=O)(=O)CC1Cl)C1CCCCC1. The number of urea groups is 1. The molecule has 1 aliphatic carbocycles. The summed E-state index contributed by atoms with van der Waals surface area (Å²) >= 11 is 5.98. The number of alkyl halides is 1. The fraction of sp³-hybridized carbons (Fsp3) is 0.917. The molecule has 0 radical (unpaired) electrons. The Balaban J connectivity index is 1.90. The lowest BCUT2D eigenvalue weighted by molar-refractivity contribution is 0.171. The fourth-order valence-electron chi connectivity index (χ4n) is 2.83. The van der Waals surface area contributed by atoms with Gasteiger partial charge in [-0.15, -0.1) is 11.6 Å². The maximum Gasteiger partial charge on any atom is 0.317 e. The first-order chi connectivity index (χ1) is 8.89. The standard InChI is InChI=1S/C12H21ClN2O3S/c1-15(9-5-3-2-4-6-9)12(16)14-11-8-19(17,18)7-10(11)13/h9-11H,2-8H2,1H3,(H,14,16). The van der Waals surface area contributed by atoms with Crippen molar-refractivity contribution in [2.75, 3.05) is 18.6 Å². The second-order valence-corrected chi connectivity index (χ2v) is 8.27. The molecule has 1 N–H and O–H groups in total. The Hall–Kier alpha value is -0.490. The third kappa shape index (κ3) is 3.75. The van der Waals surface area contributed by atoms with Crippen molar-refractivity contribution in [3.63, 3.8) is 0 Å². The van der Waals surface area contributed by atoms with Crippen LogP contribution in [0.4, 0.5) is 4.79 Å². The number of amides is 2. The van der Waals surface area contributed by atoms with Crippen LogP contribution in [0.3, 0.4) is 0 Å². The van der Waals surface area contributed by atoms with Gasteiger partial charge in [-0.05, 0) is 12.8 Å². The zero-order valence-corrected chi connectivity index (χ0v) is 12.7. The molecule has 1 heterocycles. The Bertz CT molecular complexity index is 434. The van der Waals surface area contributed by atoms with E-state index in [4.69, 9.17) is 11.6 Å². The summed E-state index contributed by atoms with van der Waals surface area (Å²) in [6.07, 6.45) is 5.58. The minimum atomic E-state index is -3.11. The van der Waals surface area contributed by atoms with E-state index in [9.17, 15) is 13.2 Å². The molecule has 110 valence electrons. The number of carbonyl (C=O) groups is 1. The van der Waals surface area contributed by atoms with Crippen LogP contribution < -0.4 is 5.32 Å². The van der Waals surface area contributed by atoms with Gasteiger partial charge in [-0.25, -0.2) is 13.2 Å². The van der Waals surface area contributed by atoms with Crippen molar-refractivity contribution < 1.29 is 13.2 Å². The Morgan fingerprint density at radius 1 is 1.21 bits per heavy atom. The van der Waals surface area contributed by atoms with Crippen LogP contribution in [0.25, 0.3) is 0 Å². The molecule has 2 rings (SSSR count). The molecule has 2 unspecified atom stereocenters. The summed E-state index contributed by atoms with van der Waals surface area (Å²) in [5.74, 6) is -0.0991. The van der Waals surface area contributed by atoms with Crippen LogP contribution >= 0.6 is 11.6 Å². The number of halogens is 1. The highest BCUT2D eigenvalue weighted by Gasteiger charge is 2.38. The molecule has 5 nitrogen and oxygen atoms in total. The van der Waals surface area contributed by atoms with Gasteiger partial charge < -0.3 is 10.2 Å². The van der Waals surface area contributed by atoms with Crippen LogP contribution in [0.15, 0.2) is 0 Å². The van der Waals surface area contributed by atoms with E-state index in [1.54, 1.807) is 11.9 Å². The van der Waals surface area contributed by atoms with Crippen molar-refractivity contribution in [2.24, 2.45) is 0 Å². The van der Waals surface area contributed by atoms with Crippen LogP contribution in [0, 0.1) is 0 Å². The zero-order chi connectivity index (χ0) is 14.0. The van der Waals surface area contributed by atoms with E-state index < -0.39 is 21.3 Å². The van der Waals surface area contributed by atoms with E-state index in [-0.39, 0.29) is 23.6 Å². The van der Waals surface area contributed by atoms with Gasteiger partial charge in [0.2, 0.25) is 0 Å². The molecule has 0 spiro atoms. The maximum atomic E-state index is 12.1. The van der Waals surface area contributed by atoms with Crippen molar-refractivity contribution in [2.45, 2.75) is 49.6 Å². The van der Waals surface area contributed by atoms with Gasteiger partial charge >= 0.3 is 6.03 Å². The molecule has 0 aromatic heterocycles. The van der Waals surface area contributed by atoms with Crippen LogP contribution in [0.2, 0.25) is 0 Å². The van der Waals surface area contributed by atoms with Crippen molar-refractivity contribution in [3.05, 3.63) is 0 Å². The molecule has 0 aromatic carbocycles. The molecule has 2 amide bonds. The van der Waals surface area contributed by atoms with Crippen molar-refractivity contribution in [1.29, 1.82) is 0 Å². The minimum Gasteiger partial charge on any atom is -0.333 e. The summed E-state index contributed by atoms with van der Waals surface area (Å²) in [6.45, 7) is 0. The number of rotatable bonds is 2. The molecule has 0 aromatic rings. The third-order valence-corrected chi connectivity index (χ3v) is 6.41. The lowest BCUT2D eigenvalue weighted by atomic mass is 9.95. The first-order valence-corrected chi connectivity index (χ1v) is 9.02. The van der Waals surface area contributed by atoms with Crippen molar-refractivity contribution >= 4 is 27.5 Å². The average Bonchev–Trinajstić information content (AvgIpc) is 2.62. The first kappa shape index (κ1) is 14.9. The van der Waals surface area contributed by atoms with Gasteiger partial charge in [0.05, 0.1) is 22.9 Å². The molecule has 1 saturated carbocycles. The number of nitrogens with one attached hydrogen (secondary N) is 1. The summed E-state index contributed by atoms with van der Waals surface area (Å²) in [5.41, 5.74) is 0. The monoisotopic (exact) mass is 308 g/mol. The Morgan fingerprint density at radius 3 is 2.37 bits per heavy atom. The van der Waals surface area contributed by atoms with Crippen LogP contribution in [0.1, 0.15) is 32.1 Å². The largest absolute Gasteiger partial charge is 0.333 e. The molecule has 2 atom stereocenters. The van der Waals surface area contributed by atoms with E-state index >= 15 is 0 Å². The number of carbonyl (C=O) groups excluding carboxylic acids is 1. The summed E-state index contributed by atoms with van der Waals surface area (Å²) in [4.78, 5) is 13.8. The topological polar surface area (TPSA) is 66.5 Å². The molecule has 19 heavy (non-hydrogen) atoms. The van der Waals surface area contributed by atoms with Crippen LogP contribution in [-0.2, 0) is 9.84 Å². The zero-order valence-electron chi connectivity index (χ0n) is 11.1. The van der Waals surface area contributed by atoms with E-state index in [0.29, 0.717) is 0 Å². The minimum absolute atomic E-state index is 0.0490. The van der Waals surface area contributed by atoms with E-state index in [1.165, 1.54) is 6.42 Å². The van der Waals surface area contributed by atoms with Gasteiger partial charge in [0.25, 0.3) is 0 Å². The van der Waals surface area contributed by atoms with E-state index in [0.717, 1.165) is 25.7 Å². The van der Waals surface area contributed by atoms with Gasteiger partial charge in [0.15, 0.2) is 9.84 Å². The number of hydrogen-bond donors (Lipinski definition) is 1. The van der Waals surface area contributed by atoms with Gasteiger partial charge in [0.1, 0.15) is 0 Å². The summed E-state index contributed by atoms with van der Waals surface area (Å²) in [6, 6.07) is -0.412. The summed E-state index contributed by atoms with van der Waals surface area (Å²) in [7, 11) is -1.33. The van der Waals surface area contributed by atoms with E-state index in [2.05, 4.69) is 5.32 Å². The quantitative estimate of drug-likeness (QED) is 0.783. The summed E-state index contributed by atoms with van der Waals surface area (Å²) < 4.78 is 22.9. The molecule has 7 heteroatoms. The number of hydrogen-bond acceptors (Lipinski definition) is 3. The fourth-order valence-corrected chi connectivity index (χ4v) is 5.38. The lowest BCUT2D eigenvalue weighted by Gasteiger charge is -2.32. The van der Waals surface area contributed by atoms with Gasteiger partial charge in [-0.1, -0.05) is 19.3 Å². The number of sulfone groups is 1. The smallest absolute Gasteiger partial charge is 0.317 e. The average molecular weight is 309 g/mol. The van der Waals surface area contributed by atoms with Crippen molar-refractivity contribution in [3.8, 4) is 0 Å². The Morgan fingerprint density at radius 2 is 1.84 bits per heavy atom. The Kier molecular flexibility index (Phi) is 4.61.